The number of hydrogen-bond donors (Lipinski definition) is 1. The zero-order chi connectivity index (χ0) is 11.9. The minimum Gasteiger partial charge on any atom is -0.336 e. The fraction of sp³-hybridized carbons (Fsp3) is 0.786. The van der Waals surface area contributed by atoms with Crippen molar-refractivity contribution in [2.45, 2.75) is 58.0 Å². The minimum atomic E-state index is 0.756. The number of aromatic nitrogens is 2. The van der Waals surface area contributed by atoms with Crippen LogP contribution in [-0.2, 0) is 6.54 Å². The van der Waals surface area contributed by atoms with E-state index in [0.717, 1.165) is 25.0 Å². The van der Waals surface area contributed by atoms with E-state index in [1.807, 2.05) is 18.7 Å². The van der Waals surface area contributed by atoms with E-state index in [1.54, 1.807) is 0 Å². The Morgan fingerprint density at radius 1 is 1.29 bits per heavy atom. The molecule has 0 amide bonds. The van der Waals surface area contributed by atoms with Gasteiger partial charge >= 0.3 is 0 Å². The number of nitrogens with zero attached hydrogens (tertiary/aromatic N) is 2. The first-order chi connectivity index (χ1) is 8.38. The summed E-state index contributed by atoms with van der Waals surface area (Å²) in [4.78, 5) is 4.05. The van der Waals surface area contributed by atoms with Gasteiger partial charge in [-0.25, -0.2) is 4.98 Å². The smallest absolute Gasteiger partial charge is 0.0946 e. The molecule has 1 N–H and O–H groups in total. The highest BCUT2D eigenvalue weighted by Crippen LogP contribution is 2.27. The van der Waals surface area contributed by atoms with Gasteiger partial charge in [-0.2, -0.15) is 0 Å². The molecule has 3 heteroatoms. The second kappa shape index (κ2) is 6.80. The van der Waals surface area contributed by atoms with Crippen LogP contribution in [-0.4, -0.2) is 22.1 Å². The Bertz CT molecular complexity index is 286. The quantitative estimate of drug-likeness (QED) is 0.821. The van der Waals surface area contributed by atoms with Crippen LogP contribution in [0.25, 0.3) is 0 Å². The fourth-order valence-corrected chi connectivity index (χ4v) is 2.88. The standard InChI is InChI=1S/C14H25N3/c1-2-3-13-4-6-14(7-5-13)16-9-11-17-10-8-15-12-17/h8,10,12-14,16H,2-7,9,11H2,1H3. The third-order valence-corrected chi connectivity index (χ3v) is 3.91. The molecule has 0 atom stereocenters. The van der Waals surface area contributed by atoms with E-state index < -0.39 is 0 Å². The molecule has 0 unspecified atom stereocenters. The summed E-state index contributed by atoms with van der Waals surface area (Å²) in [7, 11) is 0. The number of imidazole rings is 1. The van der Waals surface area contributed by atoms with Crippen LogP contribution in [0.4, 0.5) is 0 Å². The fourth-order valence-electron chi connectivity index (χ4n) is 2.88. The van der Waals surface area contributed by atoms with Crippen molar-refractivity contribution >= 4 is 0 Å². The Morgan fingerprint density at radius 2 is 2.12 bits per heavy atom. The van der Waals surface area contributed by atoms with Gasteiger partial charge in [-0.15, -0.1) is 0 Å². The summed E-state index contributed by atoms with van der Waals surface area (Å²) in [5.74, 6) is 1.01. The second-order valence-electron chi connectivity index (χ2n) is 5.26. The summed E-state index contributed by atoms with van der Waals surface area (Å²) in [6, 6.07) is 0.756. The van der Waals surface area contributed by atoms with E-state index in [1.165, 1.54) is 38.5 Å². The summed E-state index contributed by atoms with van der Waals surface area (Å²) in [5, 5.41) is 3.67. The Hall–Kier alpha value is -0.830. The van der Waals surface area contributed by atoms with Crippen LogP contribution in [0.15, 0.2) is 18.7 Å². The molecule has 96 valence electrons. The first-order valence-corrected chi connectivity index (χ1v) is 7.07. The molecule has 1 aliphatic carbocycles. The summed E-state index contributed by atoms with van der Waals surface area (Å²) < 4.78 is 2.13. The predicted molar refractivity (Wildman–Crippen MR) is 70.9 cm³/mol. The molecule has 1 saturated carbocycles. The average Bonchev–Trinajstić information content (AvgIpc) is 2.85. The molecular formula is C14H25N3. The van der Waals surface area contributed by atoms with E-state index in [-0.39, 0.29) is 0 Å². The van der Waals surface area contributed by atoms with Crippen LogP contribution < -0.4 is 5.32 Å². The first-order valence-electron chi connectivity index (χ1n) is 7.07. The van der Waals surface area contributed by atoms with Crippen molar-refractivity contribution in [2.24, 2.45) is 5.92 Å². The Morgan fingerprint density at radius 3 is 2.76 bits per heavy atom. The maximum Gasteiger partial charge on any atom is 0.0946 e. The van der Waals surface area contributed by atoms with Crippen LogP contribution in [0, 0.1) is 5.92 Å². The molecule has 1 aliphatic rings. The Balaban J connectivity index is 1.58. The molecule has 0 spiro atoms. The molecule has 0 aliphatic heterocycles. The highest BCUT2D eigenvalue weighted by atomic mass is 15.0. The van der Waals surface area contributed by atoms with Crippen LogP contribution >= 0.6 is 0 Å². The maximum absolute atomic E-state index is 4.05. The molecule has 1 fully saturated rings. The third kappa shape index (κ3) is 4.15. The summed E-state index contributed by atoms with van der Waals surface area (Å²) in [5.41, 5.74) is 0. The van der Waals surface area contributed by atoms with Gasteiger partial charge in [-0.1, -0.05) is 19.8 Å². The largest absolute Gasteiger partial charge is 0.336 e. The Kier molecular flexibility index (Phi) is 5.05. The predicted octanol–water partition coefficient (Wildman–Crippen LogP) is 2.83. The van der Waals surface area contributed by atoms with Crippen LogP contribution in [0.1, 0.15) is 45.4 Å². The van der Waals surface area contributed by atoms with Gasteiger partial charge < -0.3 is 9.88 Å². The van der Waals surface area contributed by atoms with Crippen LogP contribution in [0.5, 0.6) is 0 Å². The second-order valence-corrected chi connectivity index (χ2v) is 5.26. The number of nitrogens with one attached hydrogen (secondary N) is 1. The van der Waals surface area contributed by atoms with Gasteiger partial charge in [-0.05, 0) is 31.6 Å². The van der Waals surface area contributed by atoms with Gasteiger partial charge in [0.15, 0.2) is 0 Å². The van der Waals surface area contributed by atoms with Crippen LogP contribution in [0.3, 0.4) is 0 Å². The van der Waals surface area contributed by atoms with Crippen molar-refractivity contribution in [1.82, 2.24) is 14.9 Å². The molecule has 0 radical (unpaired) electrons. The van der Waals surface area contributed by atoms with E-state index in [2.05, 4.69) is 21.8 Å². The van der Waals surface area contributed by atoms with Crippen molar-refractivity contribution in [3.8, 4) is 0 Å². The van der Waals surface area contributed by atoms with E-state index in [4.69, 9.17) is 0 Å². The monoisotopic (exact) mass is 235 g/mol. The molecular weight excluding hydrogens is 210 g/mol. The first kappa shape index (κ1) is 12.6. The van der Waals surface area contributed by atoms with Crippen molar-refractivity contribution < 1.29 is 0 Å². The number of rotatable bonds is 6. The molecule has 2 rings (SSSR count). The molecule has 17 heavy (non-hydrogen) atoms. The lowest BCUT2D eigenvalue weighted by Gasteiger charge is -2.29. The number of hydrogen-bond acceptors (Lipinski definition) is 2. The van der Waals surface area contributed by atoms with E-state index in [9.17, 15) is 0 Å². The molecule has 1 heterocycles. The van der Waals surface area contributed by atoms with E-state index >= 15 is 0 Å². The van der Waals surface area contributed by atoms with Crippen molar-refractivity contribution in [3.05, 3.63) is 18.7 Å². The minimum absolute atomic E-state index is 0.756. The molecule has 0 bridgehead atoms. The highest BCUT2D eigenvalue weighted by molar-refractivity contribution is 4.78. The topological polar surface area (TPSA) is 29.9 Å². The molecule has 0 saturated heterocycles. The molecule has 1 aromatic heterocycles. The van der Waals surface area contributed by atoms with Gasteiger partial charge in [0.25, 0.3) is 0 Å². The molecule has 3 nitrogen and oxygen atoms in total. The van der Waals surface area contributed by atoms with Crippen molar-refractivity contribution in [3.63, 3.8) is 0 Å². The lowest BCUT2D eigenvalue weighted by atomic mass is 9.83. The Labute approximate surface area is 105 Å². The highest BCUT2D eigenvalue weighted by Gasteiger charge is 2.19. The average molecular weight is 235 g/mol. The summed E-state index contributed by atoms with van der Waals surface area (Å²) in [6.45, 7) is 4.41. The van der Waals surface area contributed by atoms with Crippen molar-refractivity contribution in [2.75, 3.05) is 6.54 Å². The van der Waals surface area contributed by atoms with Gasteiger partial charge in [0.05, 0.1) is 6.33 Å². The third-order valence-electron chi connectivity index (χ3n) is 3.91. The summed E-state index contributed by atoms with van der Waals surface area (Å²) >= 11 is 0. The lowest BCUT2D eigenvalue weighted by molar-refractivity contribution is 0.277. The molecule has 0 aromatic carbocycles. The summed E-state index contributed by atoms with van der Waals surface area (Å²) in [6.07, 6.45) is 14.1. The zero-order valence-electron chi connectivity index (χ0n) is 10.9. The van der Waals surface area contributed by atoms with Gasteiger partial charge in [0.2, 0.25) is 0 Å². The van der Waals surface area contributed by atoms with Gasteiger partial charge in [0, 0.05) is 31.5 Å². The van der Waals surface area contributed by atoms with Crippen LogP contribution in [0.2, 0.25) is 0 Å². The normalized spacial score (nSPS) is 25.0. The van der Waals surface area contributed by atoms with E-state index in [0.29, 0.717) is 0 Å². The van der Waals surface area contributed by atoms with Gasteiger partial charge in [0.1, 0.15) is 0 Å². The van der Waals surface area contributed by atoms with Crippen molar-refractivity contribution in [1.29, 1.82) is 0 Å². The maximum atomic E-state index is 4.05. The van der Waals surface area contributed by atoms with Gasteiger partial charge in [-0.3, -0.25) is 0 Å². The zero-order valence-corrected chi connectivity index (χ0v) is 10.9. The SMILES string of the molecule is CCCC1CCC(NCCn2ccnc2)CC1. The molecule has 1 aromatic rings. The lowest BCUT2D eigenvalue weighted by Crippen LogP contribution is -2.35.